The highest BCUT2D eigenvalue weighted by molar-refractivity contribution is 6.31. The fourth-order valence-corrected chi connectivity index (χ4v) is 3.40. The van der Waals surface area contributed by atoms with Crippen molar-refractivity contribution in [1.29, 1.82) is 0 Å². The van der Waals surface area contributed by atoms with Crippen LogP contribution in [0.3, 0.4) is 0 Å². The van der Waals surface area contributed by atoms with E-state index in [2.05, 4.69) is 25.9 Å². The second-order valence-electron chi connectivity index (χ2n) is 7.20. The van der Waals surface area contributed by atoms with Crippen molar-refractivity contribution < 1.29 is 14.1 Å². The van der Waals surface area contributed by atoms with Gasteiger partial charge in [0.15, 0.2) is 5.82 Å². The summed E-state index contributed by atoms with van der Waals surface area (Å²) in [6.45, 7) is 1.84. The van der Waals surface area contributed by atoms with Crippen molar-refractivity contribution in [2.75, 3.05) is 30.5 Å². The summed E-state index contributed by atoms with van der Waals surface area (Å²) in [5.41, 5.74) is 9.09. The molecule has 170 valence electrons. The Morgan fingerprint density at radius 2 is 2.00 bits per heavy atom. The van der Waals surface area contributed by atoms with Gasteiger partial charge in [0.1, 0.15) is 23.7 Å². The van der Waals surface area contributed by atoms with Crippen molar-refractivity contribution in [1.82, 2.24) is 19.9 Å². The van der Waals surface area contributed by atoms with E-state index in [1.165, 1.54) is 11.8 Å². The van der Waals surface area contributed by atoms with Gasteiger partial charge in [-0.05, 0) is 25.1 Å². The molecule has 2 aromatic heterocycles. The molecule has 0 saturated heterocycles. The number of nitrogens with one attached hydrogen (secondary N) is 2. The van der Waals surface area contributed by atoms with Gasteiger partial charge in [0.25, 0.3) is 5.89 Å². The molecule has 0 unspecified atom stereocenters. The highest BCUT2D eigenvalue weighted by Crippen LogP contribution is 2.33. The number of amides is 1. The second kappa shape index (κ2) is 9.21. The number of ether oxygens (including phenoxy) is 1. The molecule has 0 aliphatic carbocycles. The number of hydrogen-bond donors (Lipinski definition) is 3. The first kappa shape index (κ1) is 22.2. The lowest BCUT2D eigenvalue weighted by molar-refractivity contribution is -0.116. The molecule has 4 N–H and O–H groups in total. The molecule has 33 heavy (non-hydrogen) atoms. The van der Waals surface area contributed by atoms with Crippen LogP contribution in [0.4, 0.5) is 17.3 Å². The molecule has 0 atom stereocenters. The molecular weight excluding hydrogens is 446 g/mol. The van der Waals surface area contributed by atoms with E-state index in [1.54, 1.807) is 25.2 Å². The second-order valence-corrected chi connectivity index (χ2v) is 7.63. The molecule has 2 aromatic carbocycles. The van der Waals surface area contributed by atoms with E-state index in [9.17, 15) is 4.79 Å². The van der Waals surface area contributed by atoms with Crippen molar-refractivity contribution in [2.45, 2.75) is 13.5 Å². The van der Waals surface area contributed by atoms with Gasteiger partial charge in [0.2, 0.25) is 11.7 Å². The van der Waals surface area contributed by atoms with Crippen LogP contribution >= 0.6 is 11.6 Å². The number of carbonyl (C=O) groups is 1. The number of aromatic nitrogens is 4. The summed E-state index contributed by atoms with van der Waals surface area (Å²) in [5, 5.41) is 14.6. The maximum atomic E-state index is 12.7. The number of nitrogens with zero attached hydrogens (tertiary/aromatic N) is 4. The summed E-state index contributed by atoms with van der Waals surface area (Å²) in [4.78, 5) is 17.1. The minimum Gasteiger partial charge on any atom is -0.495 e. The third kappa shape index (κ3) is 4.60. The van der Waals surface area contributed by atoms with Gasteiger partial charge >= 0.3 is 0 Å². The lowest BCUT2D eigenvalue weighted by Gasteiger charge is -2.11. The first-order valence-corrected chi connectivity index (χ1v) is 10.4. The Morgan fingerprint density at radius 3 is 2.70 bits per heavy atom. The average Bonchev–Trinajstić information content (AvgIpc) is 3.39. The van der Waals surface area contributed by atoms with Crippen molar-refractivity contribution in [3.05, 3.63) is 53.1 Å². The van der Waals surface area contributed by atoms with Crippen LogP contribution in [0.2, 0.25) is 5.02 Å². The first-order valence-electron chi connectivity index (χ1n) is 9.98. The van der Waals surface area contributed by atoms with E-state index in [4.69, 9.17) is 26.6 Å². The number of nitrogens with two attached hydrogens (primary N) is 1. The largest absolute Gasteiger partial charge is 0.495 e. The summed E-state index contributed by atoms with van der Waals surface area (Å²) < 4.78 is 12.1. The number of hydrogen-bond acceptors (Lipinski definition) is 8. The molecule has 0 aliphatic rings. The van der Waals surface area contributed by atoms with Crippen LogP contribution in [0, 0.1) is 6.92 Å². The zero-order valence-electron chi connectivity index (χ0n) is 18.2. The molecule has 4 aromatic rings. The van der Waals surface area contributed by atoms with Crippen LogP contribution in [-0.2, 0) is 11.3 Å². The number of nitrogen functional groups attached to an aromatic ring is 1. The summed E-state index contributed by atoms with van der Waals surface area (Å²) in [6.07, 6.45) is 0. The molecule has 10 nitrogen and oxygen atoms in total. The third-order valence-electron chi connectivity index (χ3n) is 4.91. The van der Waals surface area contributed by atoms with Gasteiger partial charge in [-0.25, -0.2) is 4.68 Å². The Kier molecular flexibility index (Phi) is 6.18. The summed E-state index contributed by atoms with van der Waals surface area (Å²) in [6, 6.07) is 12.7. The van der Waals surface area contributed by atoms with E-state index >= 15 is 0 Å². The Morgan fingerprint density at radius 1 is 1.24 bits per heavy atom. The van der Waals surface area contributed by atoms with Gasteiger partial charge in [-0.1, -0.05) is 46.6 Å². The fraction of sp³-hybridized carbons (Fsp3) is 0.182. The molecule has 4 rings (SSSR count). The van der Waals surface area contributed by atoms with Crippen molar-refractivity contribution in [3.63, 3.8) is 0 Å². The predicted octanol–water partition coefficient (Wildman–Crippen LogP) is 3.83. The number of rotatable bonds is 7. The number of benzene rings is 2. The number of aryl methyl sites for hydroxylation is 1. The van der Waals surface area contributed by atoms with Gasteiger partial charge in [0.05, 0.1) is 12.8 Å². The number of halogens is 1. The monoisotopic (exact) mass is 467 g/mol. The Hall–Kier alpha value is -4.05. The average molecular weight is 468 g/mol. The zero-order chi connectivity index (χ0) is 23.5. The zero-order valence-corrected chi connectivity index (χ0v) is 19.0. The summed E-state index contributed by atoms with van der Waals surface area (Å²) in [7, 11) is 3.19. The summed E-state index contributed by atoms with van der Waals surface area (Å²) in [5.74, 6) is 1.32. The van der Waals surface area contributed by atoms with Gasteiger partial charge in [-0.2, -0.15) is 10.1 Å². The molecule has 0 saturated carbocycles. The minimum atomic E-state index is -0.371. The quantitative estimate of drug-likeness (QED) is 0.373. The lowest BCUT2D eigenvalue weighted by atomic mass is 10.1. The summed E-state index contributed by atoms with van der Waals surface area (Å²) >= 11 is 6.03. The normalized spacial score (nSPS) is 10.8. The number of anilines is 3. The highest BCUT2D eigenvalue weighted by Gasteiger charge is 2.24. The van der Waals surface area contributed by atoms with Crippen LogP contribution in [0.15, 0.2) is 47.0 Å². The van der Waals surface area contributed by atoms with Crippen LogP contribution < -0.4 is 21.1 Å². The molecule has 1 amide bonds. The Labute approximate surface area is 194 Å². The molecule has 0 radical (unpaired) electrons. The number of carbonyl (C=O) groups excluding carboxylic acids is 1. The van der Waals surface area contributed by atoms with Gasteiger partial charge in [0, 0.05) is 17.6 Å². The SMILES string of the molecule is CNc1nn(CC(=O)Nc2cc(Cl)ccc2OC)c(N)c1-c1nc(-c2ccc(C)cc2)no1. The van der Waals surface area contributed by atoms with Crippen molar-refractivity contribution in [3.8, 4) is 28.6 Å². The van der Waals surface area contributed by atoms with E-state index < -0.39 is 0 Å². The smallest absolute Gasteiger partial charge is 0.265 e. The van der Waals surface area contributed by atoms with Crippen LogP contribution in [0.25, 0.3) is 22.8 Å². The van der Waals surface area contributed by atoms with Crippen LogP contribution in [0.5, 0.6) is 5.75 Å². The van der Waals surface area contributed by atoms with E-state index in [-0.39, 0.29) is 24.2 Å². The third-order valence-corrected chi connectivity index (χ3v) is 5.14. The Bertz CT molecular complexity index is 1300. The maximum Gasteiger partial charge on any atom is 0.265 e. The predicted molar refractivity (Wildman–Crippen MR) is 126 cm³/mol. The number of methoxy groups -OCH3 is 1. The van der Waals surface area contributed by atoms with E-state index in [0.717, 1.165) is 11.1 Å². The molecule has 11 heteroatoms. The molecule has 0 fully saturated rings. The van der Waals surface area contributed by atoms with Crippen LogP contribution in [-0.4, -0.2) is 40.0 Å². The lowest BCUT2D eigenvalue weighted by Crippen LogP contribution is -2.21. The standard InChI is InChI=1S/C22H22ClN7O3/c1-12-4-6-13(7-5-12)20-27-22(33-29-20)18-19(24)30(28-21(18)25-2)11-17(31)26-15-10-14(23)8-9-16(15)32-3/h4-10H,11,24H2,1-3H3,(H,25,28)(H,26,31). The molecular formula is C22H22ClN7O3. The van der Waals surface area contributed by atoms with E-state index in [1.807, 2.05) is 31.2 Å². The molecule has 0 aliphatic heterocycles. The maximum absolute atomic E-state index is 12.7. The van der Waals surface area contributed by atoms with Gasteiger partial charge < -0.3 is 25.6 Å². The highest BCUT2D eigenvalue weighted by atomic mass is 35.5. The van der Waals surface area contributed by atoms with Crippen molar-refractivity contribution in [2.24, 2.45) is 0 Å². The van der Waals surface area contributed by atoms with Crippen molar-refractivity contribution >= 4 is 34.8 Å². The Balaban J connectivity index is 1.59. The molecule has 0 bridgehead atoms. The molecule has 0 spiro atoms. The van der Waals surface area contributed by atoms with E-state index in [0.29, 0.717) is 33.7 Å². The fourth-order valence-electron chi connectivity index (χ4n) is 3.23. The van der Waals surface area contributed by atoms with Gasteiger partial charge in [-0.15, -0.1) is 0 Å². The van der Waals surface area contributed by atoms with Gasteiger partial charge in [-0.3, -0.25) is 4.79 Å². The van der Waals surface area contributed by atoms with Crippen LogP contribution in [0.1, 0.15) is 5.56 Å². The molecule has 2 heterocycles. The minimum absolute atomic E-state index is 0.158. The topological polar surface area (TPSA) is 133 Å². The first-order chi connectivity index (χ1) is 15.9.